The number of amides is 7. The van der Waals surface area contributed by atoms with E-state index in [1.165, 1.54) is 25.1 Å². The number of hydrogen-bond acceptors (Lipinski definition) is 12. The molecule has 0 aliphatic carbocycles. The van der Waals surface area contributed by atoms with E-state index in [0.717, 1.165) is 16.3 Å². The van der Waals surface area contributed by atoms with Crippen LogP contribution in [0, 0.1) is 0 Å². The molecule has 0 heterocycles. The van der Waals surface area contributed by atoms with Crippen LogP contribution in [0.5, 0.6) is 0 Å². The van der Waals surface area contributed by atoms with Gasteiger partial charge < -0.3 is 66.7 Å². The lowest BCUT2D eigenvalue weighted by Gasteiger charge is -2.20. The van der Waals surface area contributed by atoms with Gasteiger partial charge in [0.25, 0.3) is 0 Å². The third kappa shape index (κ3) is 24.1. The summed E-state index contributed by atoms with van der Waals surface area (Å²) < 4.78 is 16.3. The van der Waals surface area contributed by atoms with Crippen molar-refractivity contribution >= 4 is 64.2 Å². The Hall–Kier alpha value is -7.17. The maximum absolute atomic E-state index is 13.6. The fourth-order valence-electron chi connectivity index (χ4n) is 7.18. The SMILES string of the molecule is CCC[C@H](NC(=O)N[C@@H](CCCCNC(=O)[C@H](Cc1ccc2ccccc2c1)NC(=O)CCCNC(=O)[C@H](Cc1cccc(C(=O)O)c1)NC(=O)CCOCCOCCOCCNC(C)=O)C(=O)O)C(=O)O. The van der Waals surface area contributed by atoms with Crippen LogP contribution in [0.4, 0.5) is 4.79 Å². The van der Waals surface area contributed by atoms with Crippen molar-refractivity contribution in [3.63, 3.8) is 0 Å². The predicted molar refractivity (Wildman–Crippen MR) is 263 cm³/mol. The van der Waals surface area contributed by atoms with Crippen molar-refractivity contribution in [2.24, 2.45) is 0 Å². The first-order valence-electron chi connectivity index (χ1n) is 24.0. The molecule has 0 aromatic heterocycles. The number of unbranched alkanes of at least 4 members (excludes halogenated alkanes) is 1. The average Bonchev–Trinajstić information content (AvgIpc) is 3.34. The maximum Gasteiger partial charge on any atom is 0.335 e. The van der Waals surface area contributed by atoms with E-state index in [-0.39, 0.29) is 95.7 Å². The Morgan fingerprint density at radius 1 is 0.514 bits per heavy atom. The zero-order valence-electron chi connectivity index (χ0n) is 40.8. The van der Waals surface area contributed by atoms with E-state index in [1.807, 2.05) is 42.5 Å². The Kier molecular flexibility index (Phi) is 27.5. The van der Waals surface area contributed by atoms with Gasteiger partial charge >= 0.3 is 23.9 Å². The summed E-state index contributed by atoms with van der Waals surface area (Å²) >= 11 is 0. The molecule has 0 saturated heterocycles. The molecule has 0 unspecified atom stereocenters. The monoisotopic (exact) mass is 1010 g/mol. The molecule has 0 saturated carbocycles. The first-order chi connectivity index (χ1) is 34.6. The topological polar surface area (TPSA) is 326 Å². The zero-order valence-corrected chi connectivity index (χ0v) is 40.8. The van der Waals surface area contributed by atoms with Gasteiger partial charge in [-0.15, -0.1) is 0 Å². The van der Waals surface area contributed by atoms with Gasteiger partial charge in [-0.2, -0.15) is 0 Å². The summed E-state index contributed by atoms with van der Waals surface area (Å²) in [6.45, 7) is 5.17. The zero-order chi connectivity index (χ0) is 52.7. The molecule has 0 fully saturated rings. The maximum atomic E-state index is 13.6. The molecule has 72 heavy (non-hydrogen) atoms. The second-order valence-electron chi connectivity index (χ2n) is 16.8. The summed E-state index contributed by atoms with van der Waals surface area (Å²) in [4.78, 5) is 112. The van der Waals surface area contributed by atoms with Crippen LogP contribution >= 0.6 is 0 Å². The fraction of sp³-hybridized carbons (Fsp3) is 0.500. The number of fused-ring (bicyclic) bond motifs is 1. The van der Waals surface area contributed by atoms with Crippen LogP contribution in [-0.2, 0) is 60.6 Å². The van der Waals surface area contributed by atoms with Gasteiger partial charge in [0.1, 0.15) is 24.2 Å². The lowest BCUT2D eigenvalue weighted by atomic mass is 10.0. The number of carboxylic acid groups (broad SMARTS) is 3. The summed E-state index contributed by atoms with van der Waals surface area (Å²) in [5.41, 5.74) is 1.26. The lowest BCUT2D eigenvalue weighted by Crippen LogP contribution is -2.51. The highest BCUT2D eigenvalue weighted by Gasteiger charge is 2.26. The molecule has 0 radical (unpaired) electrons. The standard InChI is InChI=1S/C50H69N7O15/c1-3-10-39(48(65)66)56-50(69)57-40(49(67)68)15-6-7-20-52-45(61)42(32-35-17-18-36-12-4-5-13-37(36)29-35)54-43(59)16-9-21-53-46(62)41(31-34-11-8-14-38(30-34)47(63)64)55-44(60)19-23-70-25-27-72-28-26-71-24-22-51-33(2)58/h4-5,8,11-14,17-18,29-30,39-42H,3,6-7,9-10,15-16,19-28,31-32H2,1-2H3,(H,51,58)(H,52,61)(H,53,62)(H,54,59)(H,55,60)(H,63,64)(H,65,66)(H,67,68)(H2,56,57,69)/t39-,40-,41-,42-/m0/s1. The summed E-state index contributed by atoms with van der Waals surface area (Å²) in [5.74, 6) is -5.88. The number of carbonyl (C=O) groups is 9. The summed E-state index contributed by atoms with van der Waals surface area (Å²) in [5, 5.41) is 48.6. The van der Waals surface area contributed by atoms with Crippen molar-refractivity contribution in [2.75, 3.05) is 59.3 Å². The Bertz CT molecular complexity index is 2260. The summed E-state index contributed by atoms with van der Waals surface area (Å²) in [6, 6.07) is 13.8. The number of aromatic carboxylic acids is 1. The molecule has 0 bridgehead atoms. The minimum absolute atomic E-state index is 0.00253. The molecule has 0 aliphatic heterocycles. The second kappa shape index (κ2) is 33.4. The number of carboxylic acids is 3. The molecule has 4 atom stereocenters. The van der Waals surface area contributed by atoms with Crippen LogP contribution in [0.2, 0.25) is 0 Å². The van der Waals surface area contributed by atoms with Crippen LogP contribution in [0.1, 0.15) is 86.7 Å². The van der Waals surface area contributed by atoms with Gasteiger partial charge in [-0.1, -0.05) is 67.9 Å². The molecule has 394 valence electrons. The molecular formula is C50H69N7O15. The van der Waals surface area contributed by atoms with Crippen molar-refractivity contribution in [2.45, 2.75) is 102 Å². The third-order valence-corrected chi connectivity index (χ3v) is 10.9. The van der Waals surface area contributed by atoms with Crippen LogP contribution in [0.15, 0.2) is 66.7 Å². The van der Waals surface area contributed by atoms with Gasteiger partial charge in [0.05, 0.1) is 45.2 Å². The Morgan fingerprint density at radius 3 is 1.67 bits per heavy atom. The smallest absolute Gasteiger partial charge is 0.335 e. The number of carbonyl (C=O) groups excluding carboxylic acids is 6. The third-order valence-electron chi connectivity index (χ3n) is 10.9. The number of hydrogen-bond donors (Lipinski definition) is 10. The van der Waals surface area contributed by atoms with Gasteiger partial charge in [-0.3, -0.25) is 24.0 Å². The van der Waals surface area contributed by atoms with E-state index in [2.05, 4.69) is 37.2 Å². The van der Waals surface area contributed by atoms with Crippen molar-refractivity contribution in [1.29, 1.82) is 0 Å². The highest BCUT2D eigenvalue weighted by Crippen LogP contribution is 2.17. The van der Waals surface area contributed by atoms with Crippen LogP contribution in [0.3, 0.4) is 0 Å². The van der Waals surface area contributed by atoms with Crippen LogP contribution < -0.4 is 37.2 Å². The van der Waals surface area contributed by atoms with Crippen molar-refractivity contribution in [3.8, 4) is 0 Å². The Morgan fingerprint density at radius 2 is 1.07 bits per heavy atom. The van der Waals surface area contributed by atoms with E-state index in [9.17, 15) is 58.5 Å². The number of rotatable bonds is 36. The predicted octanol–water partition coefficient (Wildman–Crippen LogP) is 2.06. The highest BCUT2D eigenvalue weighted by atomic mass is 16.5. The van der Waals surface area contributed by atoms with Gasteiger partial charge in [-0.05, 0) is 66.1 Å². The first-order valence-corrected chi connectivity index (χ1v) is 24.0. The minimum Gasteiger partial charge on any atom is -0.480 e. The molecule has 3 rings (SSSR count). The minimum atomic E-state index is -1.31. The van der Waals surface area contributed by atoms with E-state index >= 15 is 0 Å². The Labute approximate surface area is 418 Å². The lowest BCUT2D eigenvalue weighted by molar-refractivity contribution is -0.139. The largest absolute Gasteiger partial charge is 0.480 e. The highest BCUT2D eigenvalue weighted by molar-refractivity contribution is 5.90. The fourth-order valence-corrected chi connectivity index (χ4v) is 7.18. The van der Waals surface area contributed by atoms with Gasteiger partial charge in [-0.25, -0.2) is 19.2 Å². The summed E-state index contributed by atoms with van der Waals surface area (Å²) in [7, 11) is 0. The van der Waals surface area contributed by atoms with E-state index < -0.39 is 71.7 Å². The van der Waals surface area contributed by atoms with E-state index in [0.29, 0.717) is 44.8 Å². The normalized spacial score (nSPS) is 12.6. The number of aliphatic carboxylic acids is 2. The average molecular weight is 1010 g/mol. The Balaban J connectivity index is 1.54. The van der Waals surface area contributed by atoms with Gasteiger partial charge in [0.15, 0.2) is 0 Å². The van der Waals surface area contributed by atoms with Crippen molar-refractivity contribution < 1.29 is 72.7 Å². The molecule has 10 N–H and O–H groups in total. The first kappa shape index (κ1) is 59.1. The van der Waals surface area contributed by atoms with E-state index in [1.54, 1.807) is 13.0 Å². The number of nitrogens with one attached hydrogen (secondary N) is 7. The van der Waals surface area contributed by atoms with Gasteiger partial charge in [0, 0.05) is 52.2 Å². The van der Waals surface area contributed by atoms with Crippen molar-refractivity contribution in [1.82, 2.24) is 37.2 Å². The second-order valence-corrected chi connectivity index (χ2v) is 16.8. The number of benzene rings is 3. The number of ether oxygens (including phenoxy) is 3. The van der Waals surface area contributed by atoms with Gasteiger partial charge in [0.2, 0.25) is 29.5 Å². The van der Waals surface area contributed by atoms with Crippen LogP contribution in [0.25, 0.3) is 10.8 Å². The summed E-state index contributed by atoms with van der Waals surface area (Å²) in [6.07, 6.45) is 1.33. The quantitative estimate of drug-likeness (QED) is 0.0373. The van der Waals surface area contributed by atoms with Crippen molar-refractivity contribution in [3.05, 3.63) is 83.4 Å². The molecule has 22 nitrogen and oxygen atoms in total. The number of urea groups is 1. The molecule has 3 aromatic rings. The molecule has 0 aliphatic rings. The molecule has 0 spiro atoms. The van der Waals surface area contributed by atoms with E-state index in [4.69, 9.17) is 14.2 Å². The molecule has 7 amide bonds. The molecule has 3 aromatic carbocycles. The molecule has 22 heteroatoms. The molecular weight excluding hydrogens is 939 g/mol. The van der Waals surface area contributed by atoms with Crippen LogP contribution in [-0.4, -0.2) is 152 Å².